The Bertz CT molecular complexity index is 419. The van der Waals surface area contributed by atoms with E-state index in [9.17, 15) is 5.11 Å². The van der Waals surface area contributed by atoms with Gasteiger partial charge in [0.15, 0.2) is 0 Å². The molecule has 1 N–H and O–H groups in total. The Morgan fingerprint density at radius 1 is 1.29 bits per heavy atom. The van der Waals surface area contributed by atoms with Crippen LogP contribution in [0.4, 0.5) is 0 Å². The van der Waals surface area contributed by atoms with Gasteiger partial charge in [0.05, 0.1) is 5.60 Å². The molecule has 3 atom stereocenters. The molecule has 1 aromatic rings. The van der Waals surface area contributed by atoms with E-state index in [1.807, 2.05) is 0 Å². The minimum absolute atomic E-state index is 0.210. The van der Waals surface area contributed by atoms with E-state index in [-0.39, 0.29) is 5.92 Å². The zero-order chi connectivity index (χ0) is 12.6. The molecule has 17 heavy (non-hydrogen) atoms. The Hall–Kier alpha value is -0.240. The first-order valence-corrected chi connectivity index (χ1v) is 6.87. The van der Waals surface area contributed by atoms with Crippen molar-refractivity contribution >= 4 is 23.2 Å². The maximum atomic E-state index is 10.9. The lowest BCUT2D eigenvalue weighted by Crippen LogP contribution is -2.38. The largest absolute Gasteiger partial charge is 0.385 e. The fraction of sp³-hybridized carbons (Fsp3) is 0.571. The molecule has 0 aliphatic heterocycles. The van der Waals surface area contributed by atoms with Crippen molar-refractivity contribution in [2.45, 2.75) is 38.7 Å². The molecule has 0 spiro atoms. The molecule has 1 nitrogen and oxygen atoms in total. The lowest BCUT2D eigenvalue weighted by molar-refractivity contribution is -0.0586. The normalized spacial score (nSPS) is 33.7. The van der Waals surface area contributed by atoms with Crippen LogP contribution in [0.1, 0.15) is 38.7 Å². The molecule has 0 radical (unpaired) electrons. The summed E-state index contributed by atoms with van der Waals surface area (Å²) in [5.41, 5.74) is -0.0415. The second kappa shape index (κ2) is 4.79. The lowest BCUT2D eigenvalue weighted by atomic mass is 9.69. The third-order valence-corrected chi connectivity index (χ3v) is 4.55. The summed E-state index contributed by atoms with van der Waals surface area (Å²) in [7, 11) is 0. The van der Waals surface area contributed by atoms with E-state index in [4.69, 9.17) is 23.2 Å². The van der Waals surface area contributed by atoms with Crippen LogP contribution in [-0.4, -0.2) is 5.11 Å². The molecule has 0 saturated heterocycles. The fourth-order valence-electron chi connectivity index (χ4n) is 2.86. The molecule has 94 valence electrons. The van der Waals surface area contributed by atoms with Crippen LogP contribution in [0.15, 0.2) is 18.2 Å². The SMILES string of the molecule is CC1CCC(O)(c2cc(Cl)ccc2Cl)C(C)C1. The predicted octanol–water partition coefficient (Wildman–Crippen LogP) is 4.64. The topological polar surface area (TPSA) is 20.2 Å². The van der Waals surface area contributed by atoms with Gasteiger partial charge in [-0.15, -0.1) is 0 Å². The molecule has 0 amide bonds. The van der Waals surface area contributed by atoms with Crippen LogP contribution in [0, 0.1) is 11.8 Å². The fourth-order valence-corrected chi connectivity index (χ4v) is 3.31. The maximum Gasteiger partial charge on any atom is 0.0937 e. The summed E-state index contributed by atoms with van der Waals surface area (Å²) in [5, 5.41) is 12.1. The first kappa shape index (κ1) is 13.2. The summed E-state index contributed by atoms with van der Waals surface area (Å²) < 4.78 is 0. The van der Waals surface area contributed by atoms with E-state index < -0.39 is 5.60 Å². The third kappa shape index (κ3) is 2.47. The van der Waals surface area contributed by atoms with Crippen molar-refractivity contribution in [3.63, 3.8) is 0 Å². The highest BCUT2D eigenvalue weighted by Gasteiger charge is 2.41. The molecule has 1 aliphatic carbocycles. The number of hydrogen-bond acceptors (Lipinski definition) is 1. The first-order chi connectivity index (χ1) is 7.93. The smallest absolute Gasteiger partial charge is 0.0937 e. The predicted molar refractivity (Wildman–Crippen MR) is 72.5 cm³/mol. The van der Waals surface area contributed by atoms with Crippen LogP contribution in [0.3, 0.4) is 0 Å². The molecule has 2 rings (SSSR count). The quantitative estimate of drug-likeness (QED) is 0.790. The number of halogens is 2. The summed E-state index contributed by atoms with van der Waals surface area (Å²) in [6.07, 6.45) is 2.82. The van der Waals surface area contributed by atoms with Crippen LogP contribution in [0.25, 0.3) is 0 Å². The number of rotatable bonds is 1. The molecule has 0 heterocycles. The van der Waals surface area contributed by atoms with Gasteiger partial charge in [-0.1, -0.05) is 37.0 Å². The molecular formula is C14H18Cl2O. The van der Waals surface area contributed by atoms with Gasteiger partial charge < -0.3 is 5.11 Å². The monoisotopic (exact) mass is 272 g/mol. The second-order valence-electron chi connectivity index (χ2n) is 5.33. The highest BCUT2D eigenvalue weighted by molar-refractivity contribution is 6.33. The highest BCUT2D eigenvalue weighted by atomic mass is 35.5. The average molecular weight is 273 g/mol. The van der Waals surface area contributed by atoms with Gasteiger partial charge in [0.2, 0.25) is 0 Å². The molecule has 0 aromatic heterocycles. The van der Waals surface area contributed by atoms with E-state index >= 15 is 0 Å². The lowest BCUT2D eigenvalue weighted by Gasteiger charge is -2.41. The van der Waals surface area contributed by atoms with Gasteiger partial charge in [-0.2, -0.15) is 0 Å². The van der Waals surface area contributed by atoms with Crippen molar-refractivity contribution in [2.75, 3.05) is 0 Å². The van der Waals surface area contributed by atoms with Gasteiger partial charge in [-0.25, -0.2) is 0 Å². The summed E-state index contributed by atoms with van der Waals surface area (Å²) >= 11 is 12.2. The summed E-state index contributed by atoms with van der Waals surface area (Å²) in [5.74, 6) is 0.880. The Morgan fingerprint density at radius 3 is 2.65 bits per heavy atom. The van der Waals surface area contributed by atoms with Crippen molar-refractivity contribution in [1.29, 1.82) is 0 Å². The van der Waals surface area contributed by atoms with Crippen LogP contribution < -0.4 is 0 Å². The maximum absolute atomic E-state index is 10.9. The first-order valence-electron chi connectivity index (χ1n) is 6.11. The van der Waals surface area contributed by atoms with E-state index in [0.29, 0.717) is 16.0 Å². The molecule has 0 bridgehead atoms. The van der Waals surface area contributed by atoms with Gasteiger partial charge in [-0.3, -0.25) is 0 Å². The molecule has 1 aliphatic rings. The van der Waals surface area contributed by atoms with Gasteiger partial charge in [-0.05, 0) is 49.3 Å². The van der Waals surface area contributed by atoms with Crippen molar-refractivity contribution in [3.8, 4) is 0 Å². The van der Waals surface area contributed by atoms with Crippen molar-refractivity contribution < 1.29 is 5.11 Å². The van der Waals surface area contributed by atoms with Gasteiger partial charge in [0.25, 0.3) is 0 Å². The van der Waals surface area contributed by atoms with Crippen LogP contribution in [-0.2, 0) is 5.60 Å². The van der Waals surface area contributed by atoms with E-state index in [0.717, 1.165) is 24.8 Å². The Balaban J connectivity index is 2.40. The summed E-state index contributed by atoms with van der Waals surface area (Å²) in [6.45, 7) is 4.32. The van der Waals surface area contributed by atoms with Crippen LogP contribution in [0.2, 0.25) is 10.0 Å². The Morgan fingerprint density at radius 2 is 2.00 bits per heavy atom. The van der Waals surface area contributed by atoms with Crippen LogP contribution in [0.5, 0.6) is 0 Å². The average Bonchev–Trinajstić information content (AvgIpc) is 2.27. The zero-order valence-corrected chi connectivity index (χ0v) is 11.7. The molecule has 1 saturated carbocycles. The van der Waals surface area contributed by atoms with E-state index in [1.165, 1.54) is 0 Å². The van der Waals surface area contributed by atoms with Crippen LogP contribution >= 0.6 is 23.2 Å². The van der Waals surface area contributed by atoms with Crippen molar-refractivity contribution in [3.05, 3.63) is 33.8 Å². The summed E-state index contributed by atoms with van der Waals surface area (Å²) in [6, 6.07) is 5.32. The van der Waals surface area contributed by atoms with Gasteiger partial charge in [0.1, 0.15) is 0 Å². The zero-order valence-electron chi connectivity index (χ0n) is 10.2. The number of benzene rings is 1. The minimum atomic E-state index is -0.825. The number of hydrogen-bond donors (Lipinski definition) is 1. The minimum Gasteiger partial charge on any atom is -0.385 e. The summed E-state index contributed by atoms with van der Waals surface area (Å²) in [4.78, 5) is 0. The molecule has 1 aromatic carbocycles. The van der Waals surface area contributed by atoms with E-state index in [1.54, 1.807) is 18.2 Å². The molecule has 3 heteroatoms. The van der Waals surface area contributed by atoms with Crippen molar-refractivity contribution in [2.24, 2.45) is 11.8 Å². The molecular weight excluding hydrogens is 255 g/mol. The Kier molecular flexibility index (Phi) is 3.72. The van der Waals surface area contributed by atoms with Crippen molar-refractivity contribution in [1.82, 2.24) is 0 Å². The molecule has 1 fully saturated rings. The number of aliphatic hydroxyl groups is 1. The standard InChI is InChI=1S/C14H18Cl2O/c1-9-5-6-14(17,10(2)7-9)12-8-11(15)3-4-13(12)16/h3-4,8-10,17H,5-7H2,1-2H3. The Labute approximate surface area is 113 Å². The third-order valence-electron chi connectivity index (χ3n) is 3.98. The second-order valence-corrected chi connectivity index (χ2v) is 6.17. The highest BCUT2D eigenvalue weighted by Crippen LogP contribution is 2.46. The van der Waals surface area contributed by atoms with Gasteiger partial charge >= 0.3 is 0 Å². The molecule has 3 unspecified atom stereocenters. The van der Waals surface area contributed by atoms with E-state index in [2.05, 4.69) is 13.8 Å². The van der Waals surface area contributed by atoms with Gasteiger partial charge in [0, 0.05) is 15.6 Å².